The average Bonchev–Trinajstić information content (AvgIpc) is 2.82. The summed E-state index contributed by atoms with van der Waals surface area (Å²) in [5.74, 6) is 1.11. The van der Waals surface area contributed by atoms with Gasteiger partial charge in [0.2, 0.25) is 0 Å². The van der Waals surface area contributed by atoms with Gasteiger partial charge in [-0.1, -0.05) is 18.2 Å². The minimum atomic E-state index is 0.950. The van der Waals surface area contributed by atoms with Gasteiger partial charge >= 0.3 is 0 Å². The first-order valence-corrected chi connectivity index (χ1v) is 6.89. The number of nitrogens with zero attached hydrogens (tertiary/aromatic N) is 3. The van der Waals surface area contributed by atoms with Gasteiger partial charge in [0, 0.05) is 31.9 Å². The zero-order valence-electron chi connectivity index (χ0n) is 11.6. The minimum absolute atomic E-state index is 0.950. The van der Waals surface area contributed by atoms with Crippen molar-refractivity contribution in [3.63, 3.8) is 0 Å². The number of anilines is 1. The Bertz CT molecular complexity index is 688. The van der Waals surface area contributed by atoms with Crippen molar-refractivity contribution >= 4 is 16.7 Å². The summed E-state index contributed by atoms with van der Waals surface area (Å²) < 4.78 is 2.13. The molecular formula is C16H18N4. The van der Waals surface area contributed by atoms with E-state index in [1.807, 2.05) is 30.5 Å². The first kappa shape index (κ1) is 12.7. The molecule has 0 fully saturated rings. The molecule has 0 bridgehead atoms. The number of pyridine rings is 1. The summed E-state index contributed by atoms with van der Waals surface area (Å²) in [4.78, 5) is 8.80. The largest absolute Gasteiger partial charge is 0.385 e. The van der Waals surface area contributed by atoms with Crippen LogP contribution in [-0.2, 0) is 13.5 Å². The van der Waals surface area contributed by atoms with E-state index in [4.69, 9.17) is 0 Å². The van der Waals surface area contributed by atoms with Crippen molar-refractivity contribution in [1.29, 1.82) is 0 Å². The molecule has 2 aromatic heterocycles. The monoisotopic (exact) mass is 266 g/mol. The predicted octanol–water partition coefficient (Wildman–Crippen LogP) is 3.01. The van der Waals surface area contributed by atoms with Gasteiger partial charge in [0.25, 0.3) is 0 Å². The molecule has 0 aliphatic heterocycles. The van der Waals surface area contributed by atoms with Gasteiger partial charge in [-0.3, -0.25) is 4.98 Å². The van der Waals surface area contributed by atoms with Gasteiger partial charge in [0.05, 0.1) is 17.2 Å². The number of aryl methyl sites for hydroxylation is 2. The Morgan fingerprint density at radius 1 is 1.15 bits per heavy atom. The van der Waals surface area contributed by atoms with E-state index in [2.05, 4.69) is 39.0 Å². The third kappa shape index (κ3) is 2.64. The highest BCUT2D eigenvalue weighted by Crippen LogP contribution is 2.14. The van der Waals surface area contributed by atoms with Crippen molar-refractivity contribution in [3.8, 4) is 0 Å². The molecule has 0 aliphatic rings. The number of aromatic nitrogens is 3. The SMILES string of the molecule is Cn1c(CCCNc2ccccc2)nc2ccncc21. The van der Waals surface area contributed by atoms with E-state index < -0.39 is 0 Å². The zero-order valence-corrected chi connectivity index (χ0v) is 11.6. The third-order valence-corrected chi connectivity index (χ3v) is 3.46. The molecule has 0 unspecified atom stereocenters. The number of hydrogen-bond acceptors (Lipinski definition) is 3. The lowest BCUT2D eigenvalue weighted by Gasteiger charge is -2.06. The molecule has 0 aliphatic carbocycles. The summed E-state index contributed by atoms with van der Waals surface area (Å²) in [5.41, 5.74) is 3.29. The van der Waals surface area contributed by atoms with Crippen LogP contribution in [0.4, 0.5) is 5.69 Å². The molecule has 0 radical (unpaired) electrons. The number of para-hydroxylation sites is 1. The van der Waals surface area contributed by atoms with Gasteiger partial charge in [-0.2, -0.15) is 0 Å². The second-order valence-corrected chi connectivity index (χ2v) is 4.85. The Balaban J connectivity index is 1.59. The summed E-state index contributed by atoms with van der Waals surface area (Å²) in [6.07, 6.45) is 5.68. The van der Waals surface area contributed by atoms with Gasteiger partial charge in [-0.05, 0) is 24.6 Å². The van der Waals surface area contributed by atoms with Crippen molar-refractivity contribution < 1.29 is 0 Å². The van der Waals surface area contributed by atoms with Gasteiger partial charge < -0.3 is 9.88 Å². The molecule has 3 aromatic rings. The van der Waals surface area contributed by atoms with Crippen LogP contribution in [0.25, 0.3) is 11.0 Å². The van der Waals surface area contributed by atoms with Crippen LogP contribution in [0, 0.1) is 0 Å². The van der Waals surface area contributed by atoms with Crippen LogP contribution in [0.1, 0.15) is 12.2 Å². The lowest BCUT2D eigenvalue weighted by molar-refractivity contribution is 0.753. The maximum absolute atomic E-state index is 4.65. The van der Waals surface area contributed by atoms with Crippen molar-refractivity contribution in [3.05, 3.63) is 54.6 Å². The second-order valence-electron chi connectivity index (χ2n) is 4.85. The molecule has 4 heteroatoms. The summed E-state index contributed by atoms with van der Waals surface area (Å²) in [7, 11) is 2.05. The molecule has 4 nitrogen and oxygen atoms in total. The standard InChI is InChI=1S/C16H18N4/c1-20-15-12-17-11-9-14(15)19-16(20)8-5-10-18-13-6-3-2-4-7-13/h2-4,6-7,9,11-12,18H,5,8,10H2,1H3. The molecular weight excluding hydrogens is 248 g/mol. The Kier molecular flexibility index (Phi) is 3.63. The third-order valence-electron chi connectivity index (χ3n) is 3.46. The van der Waals surface area contributed by atoms with Crippen molar-refractivity contribution in [2.75, 3.05) is 11.9 Å². The lowest BCUT2D eigenvalue weighted by atomic mass is 10.2. The van der Waals surface area contributed by atoms with Crippen LogP contribution < -0.4 is 5.32 Å². The summed E-state index contributed by atoms with van der Waals surface area (Å²) in [6, 6.07) is 12.2. The topological polar surface area (TPSA) is 42.7 Å². The molecule has 0 saturated heterocycles. The summed E-state index contributed by atoms with van der Waals surface area (Å²) in [5, 5.41) is 3.42. The number of benzene rings is 1. The van der Waals surface area contributed by atoms with Gasteiger partial charge in [0.15, 0.2) is 0 Å². The molecule has 0 atom stereocenters. The predicted molar refractivity (Wildman–Crippen MR) is 81.8 cm³/mol. The molecule has 20 heavy (non-hydrogen) atoms. The fourth-order valence-electron chi connectivity index (χ4n) is 2.34. The fraction of sp³-hybridized carbons (Fsp3) is 0.250. The number of imidazole rings is 1. The van der Waals surface area contributed by atoms with Crippen LogP contribution in [-0.4, -0.2) is 21.1 Å². The summed E-state index contributed by atoms with van der Waals surface area (Å²) >= 11 is 0. The molecule has 1 N–H and O–H groups in total. The van der Waals surface area contributed by atoms with Gasteiger partial charge in [-0.15, -0.1) is 0 Å². The molecule has 3 rings (SSSR count). The molecule has 0 saturated carbocycles. The highest BCUT2D eigenvalue weighted by atomic mass is 15.1. The van der Waals surface area contributed by atoms with Crippen LogP contribution in [0.15, 0.2) is 48.8 Å². The van der Waals surface area contributed by atoms with E-state index >= 15 is 0 Å². The Morgan fingerprint density at radius 2 is 2.00 bits per heavy atom. The number of hydrogen-bond donors (Lipinski definition) is 1. The maximum Gasteiger partial charge on any atom is 0.109 e. The van der Waals surface area contributed by atoms with Gasteiger partial charge in [-0.25, -0.2) is 4.98 Å². The molecule has 0 amide bonds. The first-order valence-electron chi connectivity index (χ1n) is 6.89. The van der Waals surface area contributed by atoms with E-state index in [0.29, 0.717) is 0 Å². The first-order chi connectivity index (χ1) is 9.84. The average molecular weight is 266 g/mol. The number of fused-ring (bicyclic) bond motifs is 1. The van der Waals surface area contributed by atoms with Crippen LogP contribution in [0.5, 0.6) is 0 Å². The number of rotatable bonds is 5. The zero-order chi connectivity index (χ0) is 13.8. The van der Waals surface area contributed by atoms with Crippen LogP contribution in [0.3, 0.4) is 0 Å². The fourth-order valence-corrected chi connectivity index (χ4v) is 2.34. The van der Waals surface area contributed by atoms with E-state index in [9.17, 15) is 0 Å². The number of nitrogens with one attached hydrogen (secondary N) is 1. The Hall–Kier alpha value is -2.36. The summed E-state index contributed by atoms with van der Waals surface area (Å²) in [6.45, 7) is 0.950. The van der Waals surface area contributed by atoms with Crippen molar-refractivity contribution in [1.82, 2.24) is 14.5 Å². The Morgan fingerprint density at radius 3 is 2.80 bits per heavy atom. The van der Waals surface area contributed by atoms with Gasteiger partial charge in [0.1, 0.15) is 5.82 Å². The van der Waals surface area contributed by atoms with Crippen molar-refractivity contribution in [2.24, 2.45) is 7.05 Å². The van der Waals surface area contributed by atoms with Crippen LogP contribution >= 0.6 is 0 Å². The van der Waals surface area contributed by atoms with Crippen molar-refractivity contribution in [2.45, 2.75) is 12.8 Å². The smallest absolute Gasteiger partial charge is 0.109 e. The molecule has 0 spiro atoms. The molecule has 2 heterocycles. The van der Waals surface area contributed by atoms with E-state index in [-0.39, 0.29) is 0 Å². The molecule has 1 aromatic carbocycles. The Labute approximate surface area is 118 Å². The normalized spacial score (nSPS) is 10.8. The van der Waals surface area contributed by atoms with E-state index in [1.54, 1.807) is 6.20 Å². The second kappa shape index (κ2) is 5.74. The highest BCUT2D eigenvalue weighted by molar-refractivity contribution is 5.74. The minimum Gasteiger partial charge on any atom is -0.385 e. The van der Waals surface area contributed by atoms with E-state index in [0.717, 1.165) is 36.2 Å². The quantitative estimate of drug-likeness (QED) is 0.722. The lowest BCUT2D eigenvalue weighted by Crippen LogP contribution is -2.05. The maximum atomic E-state index is 4.65. The van der Waals surface area contributed by atoms with Crippen LogP contribution in [0.2, 0.25) is 0 Å². The molecule has 102 valence electrons. The van der Waals surface area contributed by atoms with E-state index in [1.165, 1.54) is 5.69 Å². The highest BCUT2D eigenvalue weighted by Gasteiger charge is 2.06.